The van der Waals surface area contributed by atoms with Gasteiger partial charge in [-0.2, -0.15) is 11.8 Å². The fourth-order valence-corrected chi connectivity index (χ4v) is 1.75. The highest BCUT2D eigenvalue weighted by Gasteiger charge is 2.18. The minimum Gasteiger partial charge on any atom is -0.480 e. The average molecular weight is 262 g/mol. The molecule has 0 fully saturated rings. The van der Waals surface area contributed by atoms with Crippen LogP contribution in [0, 0.1) is 0 Å². The van der Waals surface area contributed by atoms with Crippen molar-refractivity contribution in [1.29, 1.82) is 0 Å². The quantitative estimate of drug-likeness (QED) is 0.552. The number of carbonyl (C=O) groups excluding carboxylic acids is 1. The number of carboxylic acids is 1. The van der Waals surface area contributed by atoms with Crippen LogP contribution in [0.2, 0.25) is 0 Å². The molecule has 1 atom stereocenters. The summed E-state index contributed by atoms with van der Waals surface area (Å²) in [5.41, 5.74) is 0. The van der Waals surface area contributed by atoms with Crippen LogP contribution in [-0.4, -0.2) is 41.7 Å². The second-order valence-corrected chi connectivity index (χ2v) is 4.77. The maximum atomic E-state index is 11.4. The second-order valence-electron chi connectivity index (χ2n) is 3.78. The van der Waals surface area contributed by atoms with Gasteiger partial charge in [-0.05, 0) is 24.9 Å². The molecule has 5 nitrogen and oxygen atoms in total. The molecule has 0 aromatic carbocycles. The Hall–Kier alpha value is -0.910. The summed E-state index contributed by atoms with van der Waals surface area (Å²) >= 11 is 1.56. The summed E-state index contributed by atoms with van der Waals surface area (Å²) in [6.07, 6.45) is 5.43. The van der Waals surface area contributed by atoms with E-state index in [9.17, 15) is 9.59 Å². The smallest absolute Gasteiger partial charge is 0.326 e. The third-order valence-electron chi connectivity index (χ3n) is 2.28. The van der Waals surface area contributed by atoms with E-state index in [0.29, 0.717) is 18.7 Å². The molecule has 0 aromatic rings. The Balaban J connectivity index is 3.83. The molecular weight excluding hydrogens is 240 g/mol. The van der Waals surface area contributed by atoms with Crippen LogP contribution in [0.25, 0.3) is 0 Å². The van der Waals surface area contributed by atoms with E-state index in [2.05, 4.69) is 17.6 Å². The molecule has 3 N–H and O–H groups in total. The fraction of sp³-hybridized carbons (Fsp3) is 0.818. The summed E-state index contributed by atoms with van der Waals surface area (Å²) in [6, 6.07) is -1.19. The Labute approximate surface area is 107 Å². The average Bonchev–Trinajstić information content (AvgIpc) is 2.29. The van der Waals surface area contributed by atoms with Gasteiger partial charge in [0.2, 0.25) is 0 Å². The van der Waals surface area contributed by atoms with Crippen molar-refractivity contribution >= 4 is 23.8 Å². The Bertz CT molecular complexity index is 237. The SMILES string of the molecule is CCCCCNC(=O)N[C@@H](CCSC)C(=O)O. The van der Waals surface area contributed by atoms with E-state index >= 15 is 0 Å². The van der Waals surface area contributed by atoms with Gasteiger partial charge in [0.25, 0.3) is 0 Å². The number of urea groups is 1. The van der Waals surface area contributed by atoms with Crippen LogP contribution >= 0.6 is 11.8 Å². The zero-order chi connectivity index (χ0) is 13.1. The molecule has 0 saturated carbocycles. The number of carbonyl (C=O) groups is 2. The van der Waals surface area contributed by atoms with Crippen LogP contribution < -0.4 is 10.6 Å². The van der Waals surface area contributed by atoms with Crippen molar-refractivity contribution in [1.82, 2.24) is 10.6 Å². The summed E-state index contributed by atoms with van der Waals surface area (Å²) in [5, 5.41) is 14.0. The van der Waals surface area contributed by atoms with Gasteiger partial charge < -0.3 is 15.7 Å². The molecule has 100 valence electrons. The Morgan fingerprint density at radius 1 is 1.35 bits per heavy atom. The molecule has 2 amide bonds. The lowest BCUT2D eigenvalue weighted by Crippen LogP contribution is -2.46. The summed E-state index contributed by atoms with van der Waals surface area (Å²) < 4.78 is 0. The van der Waals surface area contributed by atoms with Gasteiger partial charge in [-0.1, -0.05) is 19.8 Å². The van der Waals surface area contributed by atoms with Crippen molar-refractivity contribution in [2.75, 3.05) is 18.6 Å². The van der Waals surface area contributed by atoms with Crippen LogP contribution in [0.1, 0.15) is 32.6 Å². The van der Waals surface area contributed by atoms with Gasteiger partial charge in [0, 0.05) is 6.54 Å². The maximum absolute atomic E-state index is 11.4. The number of aliphatic carboxylic acids is 1. The monoisotopic (exact) mass is 262 g/mol. The minimum absolute atomic E-state index is 0.394. The molecule has 6 heteroatoms. The molecule has 17 heavy (non-hydrogen) atoms. The summed E-state index contributed by atoms with van der Waals surface area (Å²) in [5.74, 6) is -0.268. The molecule has 0 unspecified atom stereocenters. The number of hydrogen-bond acceptors (Lipinski definition) is 3. The molecule has 0 aliphatic heterocycles. The first kappa shape index (κ1) is 16.1. The van der Waals surface area contributed by atoms with Crippen molar-refractivity contribution in [3.63, 3.8) is 0 Å². The summed E-state index contributed by atoms with van der Waals surface area (Å²) in [7, 11) is 0. The van der Waals surface area contributed by atoms with Gasteiger partial charge in [0.1, 0.15) is 6.04 Å². The van der Waals surface area contributed by atoms with Gasteiger partial charge in [-0.3, -0.25) is 0 Å². The number of rotatable bonds is 9. The lowest BCUT2D eigenvalue weighted by molar-refractivity contribution is -0.139. The van der Waals surface area contributed by atoms with Crippen LogP contribution in [0.4, 0.5) is 4.79 Å². The third-order valence-corrected chi connectivity index (χ3v) is 2.92. The van der Waals surface area contributed by atoms with Crippen molar-refractivity contribution in [3.05, 3.63) is 0 Å². The molecule has 0 bridgehead atoms. The van der Waals surface area contributed by atoms with Crippen LogP contribution in [0.3, 0.4) is 0 Å². The number of nitrogens with one attached hydrogen (secondary N) is 2. The topological polar surface area (TPSA) is 78.4 Å². The molecule has 0 radical (unpaired) electrons. The highest BCUT2D eigenvalue weighted by molar-refractivity contribution is 7.98. The lowest BCUT2D eigenvalue weighted by atomic mass is 10.2. The van der Waals surface area contributed by atoms with Crippen molar-refractivity contribution < 1.29 is 14.7 Å². The minimum atomic E-state index is -0.984. The Kier molecular flexibility index (Phi) is 9.71. The Morgan fingerprint density at radius 2 is 2.06 bits per heavy atom. The van der Waals surface area contributed by atoms with E-state index in [0.717, 1.165) is 19.3 Å². The van der Waals surface area contributed by atoms with Crippen LogP contribution in [-0.2, 0) is 4.79 Å². The van der Waals surface area contributed by atoms with Gasteiger partial charge >= 0.3 is 12.0 Å². The van der Waals surface area contributed by atoms with E-state index in [1.165, 1.54) is 0 Å². The van der Waals surface area contributed by atoms with E-state index < -0.39 is 18.0 Å². The van der Waals surface area contributed by atoms with Crippen molar-refractivity contribution in [2.24, 2.45) is 0 Å². The van der Waals surface area contributed by atoms with E-state index in [4.69, 9.17) is 5.11 Å². The zero-order valence-corrected chi connectivity index (χ0v) is 11.3. The number of carboxylic acid groups (broad SMARTS) is 1. The van der Waals surface area contributed by atoms with Crippen LogP contribution in [0.15, 0.2) is 0 Å². The van der Waals surface area contributed by atoms with E-state index in [1.807, 2.05) is 6.26 Å². The molecule has 0 saturated heterocycles. The fourth-order valence-electron chi connectivity index (χ4n) is 1.28. The second kappa shape index (κ2) is 10.3. The number of unbranched alkanes of at least 4 members (excludes halogenated alkanes) is 2. The zero-order valence-electron chi connectivity index (χ0n) is 10.5. The Morgan fingerprint density at radius 3 is 2.59 bits per heavy atom. The maximum Gasteiger partial charge on any atom is 0.326 e. The van der Waals surface area contributed by atoms with Crippen molar-refractivity contribution in [2.45, 2.75) is 38.6 Å². The van der Waals surface area contributed by atoms with Crippen LogP contribution in [0.5, 0.6) is 0 Å². The lowest BCUT2D eigenvalue weighted by Gasteiger charge is -2.14. The first-order valence-electron chi connectivity index (χ1n) is 5.88. The van der Waals surface area contributed by atoms with Gasteiger partial charge in [0.05, 0.1) is 0 Å². The van der Waals surface area contributed by atoms with E-state index in [-0.39, 0.29) is 0 Å². The molecule has 0 aromatic heterocycles. The standard InChI is InChI=1S/C11H22N2O3S/c1-3-4-5-7-12-11(16)13-9(10(14)15)6-8-17-2/h9H,3-8H2,1-2H3,(H,14,15)(H2,12,13,16)/t9-/m0/s1. The largest absolute Gasteiger partial charge is 0.480 e. The first-order valence-corrected chi connectivity index (χ1v) is 7.27. The van der Waals surface area contributed by atoms with Gasteiger partial charge in [-0.25, -0.2) is 9.59 Å². The molecule has 0 rings (SSSR count). The number of hydrogen-bond donors (Lipinski definition) is 3. The van der Waals surface area contributed by atoms with Gasteiger partial charge in [-0.15, -0.1) is 0 Å². The van der Waals surface area contributed by atoms with E-state index in [1.54, 1.807) is 11.8 Å². The third kappa shape index (κ3) is 8.85. The molecule has 0 heterocycles. The first-order chi connectivity index (χ1) is 8.11. The summed E-state index contributed by atoms with van der Waals surface area (Å²) in [4.78, 5) is 22.3. The molecular formula is C11H22N2O3S. The van der Waals surface area contributed by atoms with Crippen molar-refractivity contribution in [3.8, 4) is 0 Å². The van der Waals surface area contributed by atoms with Gasteiger partial charge in [0.15, 0.2) is 0 Å². The predicted octanol–water partition coefficient (Wildman–Crippen LogP) is 1.68. The molecule has 0 aliphatic carbocycles. The highest BCUT2D eigenvalue weighted by atomic mass is 32.2. The predicted molar refractivity (Wildman–Crippen MR) is 70.5 cm³/mol. The molecule has 0 spiro atoms. The normalized spacial score (nSPS) is 11.9. The highest BCUT2D eigenvalue weighted by Crippen LogP contribution is 2.00. The summed E-state index contributed by atoms with van der Waals surface area (Å²) in [6.45, 7) is 2.68. The number of thioether (sulfide) groups is 1. The molecule has 0 aliphatic rings. The number of amides is 2.